The predicted molar refractivity (Wildman–Crippen MR) is 83.6 cm³/mol. The van der Waals surface area contributed by atoms with E-state index in [2.05, 4.69) is 43.0 Å². The molecule has 3 heteroatoms. The summed E-state index contributed by atoms with van der Waals surface area (Å²) >= 11 is 0. The first-order valence-electron chi connectivity index (χ1n) is 7.83. The molecule has 0 amide bonds. The monoisotopic (exact) mass is 276 g/mol. The summed E-state index contributed by atoms with van der Waals surface area (Å²) in [6.07, 6.45) is 3.14. The molecule has 2 atom stereocenters. The highest BCUT2D eigenvalue weighted by atomic mass is 16.3. The van der Waals surface area contributed by atoms with Crippen LogP contribution >= 0.6 is 0 Å². The number of rotatable bonds is 5. The standard InChI is InChI=1S/C17H28N2O/c1-3-16(18)17(15-7-5-4-6-13(15)2)19-10-8-14(12-20)9-11-19/h4-7,14,16-17,20H,3,8-12,18H2,1-2H3. The smallest absolute Gasteiger partial charge is 0.0501 e. The van der Waals surface area contributed by atoms with Gasteiger partial charge in [-0.2, -0.15) is 0 Å². The zero-order valence-electron chi connectivity index (χ0n) is 12.8. The number of aliphatic hydroxyl groups excluding tert-OH is 1. The topological polar surface area (TPSA) is 49.5 Å². The highest BCUT2D eigenvalue weighted by molar-refractivity contribution is 5.30. The van der Waals surface area contributed by atoms with Crippen molar-refractivity contribution in [2.75, 3.05) is 19.7 Å². The van der Waals surface area contributed by atoms with E-state index in [9.17, 15) is 5.11 Å². The van der Waals surface area contributed by atoms with Crippen LogP contribution in [0.3, 0.4) is 0 Å². The summed E-state index contributed by atoms with van der Waals surface area (Å²) in [6.45, 7) is 6.74. The second-order valence-electron chi connectivity index (χ2n) is 6.04. The first-order valence-corrected chi connectivity index (χ1v) is 7.83. The average Bonchev–Trinajstić information content (AvgIpc) is 2.50. The summed E-state index contributed by atoms with van der Waals surface area (Å²) in [5.41, 5.74) is 9.11. The molecule has 3 nitrogen and oxygen atoms in total. The van der Waals surface area contributed by atoms with Gasteiger partial charge in [0.1, 0.15) is 0 Å². The Morgan fingerprint density at radius 2 is 1.95 bits per heavy atom. The van der Waals surface area contributed by atoms with Crippen LogP contribution in [0, 0.1) is 12.8 Å². The van der Waals surface area contributed by atoms with E-state index in [0.717, 1.165) is 32.4 Å². The van der Waals surface area contributed by atoms with Gasteiger partial charge in [0.25, 0.3) is 0 Å². The molecule has 1 saturated heterocycles. The predicted octanol–water partition coefficient (Wildman–Crippen LogP) is 2.48. The Balaban J connectivity index is 2.19. The minimum Gasteiger partial charge on any atom is -0.396 e. The molecule has 0 aromatic heterocycles. The van der Waals surface area contributed by atoms with E-state index < -0.39 is 0 Å². The second kappa shape index (κ2) is 7.21. The summed E-state index contributed by atoms with van der Waals surface area (Å²) in [5, 5.41) is 9.29. The Labute approximate surface area is 122 Å². The molecule has 0 aliphatic carbocycles. The molecule has 2 rings (SSSR count). The number of piperidine rings is 1. The van der Waals surface area contributed by atoms with Crippen LogP contribution in [-0.2, 0) is 0 Å². The van der Waals surface area contributed by atoms with Crippen molar-refractivity contribution in [1.82, 2.24) is 4.90 Å². The summed E-state index contributed by atoms with van der Waals surface area (Å²) in [7, 11) is 0. The van der Waals surface area contributed by atoms with Crippen molar-refractivity contribution in [3.8, 4) is 0 Å². The van der Waals surface area contributed by atoms with E-state index in [1.807, 2.05) is 0 Å². The van der Waals surface area contributed by atoms with Crippen molar-refractivity contribution >= 4 is 0 Å². The van der Waals surface area contributed by atoms with E-state index in [1.165, 1.54) is 11.1 Å². The van der Waals surface area contributed by atoms with Gasteiger partial charge in [-0.3, -0.25) is 4.90 Å². The Bertz CT molecular complexity index is 413. The Morgan fingerprint density at radius 1 is 1.30 bits per heavy atom. The number of hydrogen-bond acceptors (Lipinski definition) is 3. The number of aryl methyl sites for hydroxylation is 1. The van der Waals surface area contributed by atoms with Gasteiger partial charge in [-0.25, -0.2) is 0 Å². The largest absolute Gasteiger partial charge is 0.396 e. The van der Waals surface area contributed by atoms with E-state index in [0.29, 0.717) is 18.6 Å². The lowest BCUT2D eigenvalue weighted by Gasteiger charge is -2.40. The minimum atomic E-state index is 0.168. The van der Waals surface area contributed by atoms with Crippen molar-refractivity contribution < 1.29 is 5.11 Å². The lowest BCUT2D eigenvalue weighted by molar-refractivity contribution is 0.0882. The maximum Gasteiger partial charge on any atom is 0.0501 e. The molecule has 0 radical (unpaired) electrons. The molecular weight excluding hydrogens is 248 g/mol. The Morgan fingerprint density at radius 3 is 2.50 bits per heavy atom. The van der Waals surface area contributed by atoms with E-state index in [4.69, 9.17) is 5.73 Å². The molecule has 1 heterocycles. The van der Waals surface area contributed by atoms with E-state index in [1.54, 1.807) is 0 Å². The normalized spacial score (nSPS) is 20.8. The van der Waals surface area contributed by atoms with Crippen LogP contribution in [-0.4, -0.2) is 35.7 Å². The van der Waals surface area contributed by atoms with Gasteiger partial charge >= 0.3 is 0 Å². The molecular formula is C17H28N2O. The number of benzene rings is 1. The summed E-state index contributed by atoms with van der Waals surface area (Å²) in [4.78, 5) is 2.52. The first-order chi connectivity index (χ1) is 9.67. The first kappa shape index (κ1) is 15.5. The van der Waals surface area contributed by atoms with Crippen molar-refractivity contribution in [3.05, 3.63) is 35.4 Å². The minimum absolute atomic E-state index is 0.168. The van der Waals surface area contributed by atoms with Crippen LogP contribution in [0.2, 0.25) is 0 Å². The fraction of sp³-hybridized carbons (Fsp3) is 0.647. The van der Waals surface area contributed by atoms with Gasteiger partial charge in [-0.15, -0.1) is 0 Å². The lowest BCUT2D eigenvalue weighted by Crippen LogP contribution is -2.45. The SMILES string of the molecule is CCC(N)C(c1ccccc1C)N1CCC(CO)CC1. The molecule has 0 bridgehead atoms. The Hall–Kier alpha value is -0.900. The van der Waals surface area contributed by atoms with Gasteiger partial charge in [0.15, 0.2) is 0 Å². The summed E-state index contributed by atoms with van der Waals surface area (Å²) < 4.78 is 0. The van der Waals surface area contributed by atoms with Gasteiger partial charge in [-0.1, -0.05) is 31.2 Å². The van der Waals surface area contributed by atoms with Gasteiger partial charge in [0.2, 0.25) is 0 Å². The number of nitrogens with two attached hydrogens (primary N) is 1. The molecule has 1 fully saturated rings. The molecule has 2 unspecified atom stereocenters. The van der Waals surface area contributed by atoms with Crippen LogP contribution in [0.5, 0.6) is 0 Å². The van der Waals surface area contributed by atoms with Gasteiger partial charge < -0.3 is 10.8 Å². The molecule has 1 aliphatic rings. The van der Waals surface area contributed by atoms with Crippen LogP contribution < -0.4 is 5.73 Å². The van der Waals surface area contributed by atoms with E-state index in [-0.39, 0.29) is 6.04 Å². The number of nitrogens with zero attached hydrogens (tertiary/aromatic N) is 1. The summed E-state index contributed by atoms with van der Waals surface area (Å²) in [6, 6.07) is 9.06. The van der Waals surface area contributed by atoms with Crippen molar-refractivity contribution in [3.63, 3.8) is 0 Å². The highest BCUT2D eigenvalue weighted by Crippen LogP contribution is 2.31. The molecule has 1 aromatic rings. The third kappa shape index (κ3) is 3.40. The van der Waals surface area contributed by atoms with Crippen LogP contribution in [0.1, 0.15) is 43.4 Å². The molecule has 0 saturated carbocycles. The van der Waals surface area contributed by atoms with Crippen molar-refractivity contribution in [2.45, 2.75) is 45.2 Å². The second-order valence-corrected chi connectivity index (χ2v) is 6.04. The van der Waals surface area contributed by atoms with E-state index >= 15 is 0 Å². The van der Waals surface area contributed by atoms with Crippen molar-refractivity contribution in [1.29, 1.82) is 0 Å². The fourth-order valence-electron chi connectivity index (χ4n) is 3.25. The van der Waals surface area contributed by atoms with Crippen LogP contribution in [0.25, 0.3) is 0 Å². The Kier molecular flexibility index (Phi) is 5.58. The third-order valence-corrected chi connectivity index (χ3v) is 4.68. The molecule has 20 heavy (non-hydrogen) atoms. The fourth-order valence-corrected chi connectivity index (χ4v) is 3.25. The zero-order chi connectivity index (χ0) is 14.5. The highest BCUT2D eigenvalue weighted by Gasteiger charge is 2.29. The maximum absolute atomic E-state index is 9.29. The molecule has 3 N–H and O–H groups in total. The van der Waals surface area contributed by atoms with Gasteiger partial charge in [-0.05, 0) is 56.3 Å². The van der Waals surface area contributed by atoms with Crippen LogP contribution in [0.4, 0.5) is 0 Å². The van der Waals surface area contributed by atoms with Crippen LogP contribution in [0.15, 0.2) is 24.3 Å². The third-order valence-electron chi connectivity index (χ3n) is 4.68. The average molecular weight is 276 g/mol. The summed E-state index contributed by atoms with van der Waals surface area (Å²) in [5.74, 6) is 0.474. The molecule has 1 aromatic carbocycles. The number of aliphatic hydroxyl groups is 1. The van der Waals surface area contributed by atoms with Gasteiger partial charge in [0.05, 0.1) is 6.04 Å². The number of hydrogen-bond donors (Lipinski definition) is 2. The maximum atomic E-state index is 9.29. The molecule has 0 spiro atoms. The molecule has 1 aliphatic heterocycles. The molecule has 112 valence electrons. The number of likely N-dealkylation sites (tertiary alicyclic amines) is 1. The zero-order valence-corrected chi connectivity index (χ0v) is 12.8. The lowest BCUT2D eigenvalue weighted by atomic mass is 9.89. The van der Waals surface area contributed by atoms with Gasteiger partial charge in [0, 0.05) is 12.6 Å². The van der Waals surface area contributed by atoms with Crippen molar-refractivity contribution in [2.24, 2.45) is 11.7 Å². The quantitative estimate of drug-likeness (QED) is 0.868.